The fourth-order valence-corrected chi connectivity index (χ4v) is 3.13. The minimum absolute atomic E-state index is 0.664. The van der Waals surface area contributed by atoms with Crippen LogP contribution >= 0.6 is 11.6 Å². The van der Waals surface area contributed by atoms with E-state index in [1.165, 1.54) is 30.6 Å². The topological polar surface area (TPSA) is 15.3 Å². The van der Waals surface area contributed by atoms with Crippen molar-refractivity contribution in [3.05, 3.63) is 28.8 Å². The predicted molar refractivity (Wildman–Crippen MR) is 88.6 cm³/mol. The van der Waals surface area contributed by atoms with Gasteiger partial charge in [0, 0.05) is 35.9 Å². The second-order valence-corrected chi connectivity index (χ2v) is 6.68. The summed E-state index contributed by atoms with van der Waals surface area (Å²) in [6, 6.07) is 6.30. The minimum Gasteiger partial charge on any atom is -0.371 e. The third-order valence-corrected chi connectivity index (χ3v) is 4.51. The van der Waals surface area contributed by atoms with Gasteiger partial charge in [0.1, 0.15) is 0 Å². The lowest BCUT2D eigenvalue weighted by molar-refractivity contribution is 0.551. The molecule has 1 N–H and O–H groups in total. The maximum atomic E-state index is 6.43. The van der Waals surface area contributed by atoms with Crippen molar-refractivity contribution >= 4 is 17.3 Å². The third-order valence-electron chi connectivity index (χ3n) is 4.15. The number of halogens is 1. The summed E-state index contributed by atoms with van der Waals surface area (Å²) >= 11 is 6.43. The van der Waals surface area contributed by atoms with Crippen LogP contribution in [-0.4, -0.2) is 19.6 Å². The zero-order chi connectivity index (χ0) is 14.5. The lowest BCUT2D eigenvalue weighted by Gasteiger charge is -2.23. The Morgan fingerprint density at radius 3 is 2.85 bits per heavy atom. The van der Waals surface area contributed by atoms with Gasteiger partial charge in [-0.2, -0.15) is 0 Å². The van der Waals surface area contributed by atoms with Crippen molar-refractivity contribution in [1.82, 2.24) is 5.32 Å². The average Bonchev–Trinajstić information content (AvgIpc) is 2.89. The quantitative estimate of drug-likeness (QED) is 0.840. The number of nitrogens with zero attached hydrogens (tertiary/aromatic N) is 1. The maximum absolute atomic E-state index is 6.43. The van der Waals surface area contributed by atoms with Gasteiger partial charge in [-0.3, -0.25) is 0 Å². The summed E-state index contributed by atoms with van der Waals surface area (Å²) in [4.78, 5) is 2.51. The second kappa shape index (κ2) is 7.33. The van der Waals surface area contributed by atoms with Crippen LogP contribution in [-0.2, 0) is 6.54 Å². The number of rotatable bonds is 6. The van der Waals surface area contributed by atoms with E-state index in [9.17, 15) is 0 Å². The summed E-state index contributed by atoms with van der Waals surface area (Å²) in [5.74, 6) is 1.50. The maximum Gasteiger partial charge on any atom is 0.0471 e. The van der Waals surface area contributed by atoms with E-state index in [0.29, 0.717) is 5.92 Å². The fraction of sp³-hybridized carbons (Fsp3) is 0.647. The Balaban J connectivity index is 2.10. The van der Waals surface area contributed by atoms with Crippen LogP contribution in [0, 0.1) is 11.8 Å². The van der Waals surface area contributed by atoms with Crippen LogP contribution in [0.5, 0.6) is 0 Å². The van der Waals surface area contributed by atoms with Gasteiger partial charge in [-0.25, -0.2) is 0 Å². The number of nitrogens with one attached hydrogen (secondary N) is 1. The molecule has 0 amide bonds. The van der Waals surface area contributed by atoms with Crippen LogP contribution in [0.15, 0.2) is 18.2 Å². The zero-order valence-corrected chi connectivity index (χ0v) is 13.7. The number of hydrogen-bond acceptors (Lipinski definition) is 2. The smallest absolute Gasteiger partial charge is 0.0471 e. The van der Waals surface area contributed by atoms with Gasteiger partial charge < -0.3 is 10.2 Å². The Hall–Kier alpha value is -0.730. The lowest BCUT2D eigenvalue weighted by atomic mass is 10.1. The molecule has 112 valence electrons. The Kier molecular flexibility index (Phi) is 5.74. The van der Waals surface area contributed by atoms with Crippen LogP contribution in [0.3, 0.4) is 0 Å². The monoisotopic (exact) mass is 294 g/mol. The molecule has 1 aliphatic heterocycles. The van der Waals surface area contributed by atoms with Crippen molar-refractivity contribution in [2.24, 2.45) is 11.8 Å². The molecule has 0 radical (unpaired) electrons. The summed E-state index contributed by atoms with van der Waals surface area (Å²) in [5.41, 5.74) is 2.58. The van der Waals surface area contributed by atoms with Gasteiger partial charge in [0.25, 0.3) is 0 Å². The molecule has 2 rings (SSSR count). The molecule has 2 nitrogen and oxygen atoms in total. The van der Waals surface area contributed by atoms with E-state index in [1.807, 2.05) is 6.07 Å². The normalized spacial score (nSPS) is 19.1. The van der Waals surface area contributed by atoms with Gasteiger partial charge in [0.15, 0.2) is 0 Å². The molecule has 1 unspecified atom stereocenters. The first-order chi connectivity index (χ1) is 9.61. The van der Waals surface area contributed by atoms with E-state index in [1.54, 1.807) is 0 Å². The van der Waals surface area contributed by atoms with Crippen LogP contribution in [0.25, 0.3) is 0 Å². The molecular formula is C17H27ClN2. The second-order valence-electron chi connectivity index (χ2n) is 6.27. The highest BCUT2D eigenvalue weighted by molar-refractivity contribution is 6.31. The molecule has 1 aromatic rings. The number of anilines is 1. The van der Waals surface area contributed by atoms with E-state index >= 15 is 0 Å². The summed E-state index contributed by atoms with van der Waals surface area (Å²) in [6.45, 7) is 11.0. The molecule has 0 bridgehead atoms. The van der Waals surface area contributed by atoms with Crippen molar-refractivity contribution in [3.8, 4) is 0 Å². The molecule has 1 fully saturated rings. The molecule has 1 saturated heterocycles. The van der Waals surface area contributed by atoms with Gasteiger partial charge in [-0.05, 0) is 36.9 Å². The van der Waals surface area contributed by atoms with Gasteiger partial charge in [0.05, 0.1) is 0 Å². The van der Waals surface area contributed by atoms with Crippen molar-refractivity contribution in [1.29, 1.82) is 0 Å². The fourth-order valence-electron chi connectivity index (χ4n) is 2.89. The van der Waals surface area contributed by atoms with Gasteiger partial charge in [-0.1, -0.05) is 44.9 Å². The zero-order valence-electron chi connectivity index (χ0n) is 13.0. The van der Waals surface area contributed by atoms with Gasteiger partial charge >= 0.3 is 0 Å². The molecule has 0 saturated carbocycles. The average molecular weight is 295 g/mol. The van der Waals surface area contributed by atoms with E-state index in [0.717, 1.165) is 30.6 Å². The van der Waals surface area contributed by atoms with E-state index in [4.69, 9.17) is 11.6 Å². The molecular weight excluding hydrogens is 268 g/mol. The van der Waals surface area contributed by atoms with E-state index in [2.05, 4.69) is 43.1 Å². The highest BCUT2D eigenvalue weighted by Gasteiger charge is 2.23. The summed E-state index contributed by atoms with van der Waals surface area (Å²) in [6.07, 6.45) is 2.58. The van der Waals surface area contributed by atoms with Crippen molar-refractivity contribution < 1.29 is 0 Å². The van der Waals surface area contributed by atoms with Crippen molar-refractivity contribution in [3.63, 3.8) is 0 Å². The van der Waals surface area contributed by atoms with Crippen molar-refractivity contribution in [2.45, 2.75) is 40.2 Å². The Labute approximate surface area is 128 Å². The number of hydrogen-bond donors (Lipinski definition) is 1. The molecule has 1 aromatic carbocycles. The molecule has 1 aliphatic rings. The van der Waals surface area contributed by atoms with Crippen LogP contribution < -0.4 is 10.2 Å². The van der Waals surface area contributed by atoms with Crippen LogP contribution in [0.1, 0.15) is 39.2 Å². The lowest BCUT2D eigenvalue weighted by Crippen LogP contribution is -2.24. The summed E-state index contributed by atoms with van der Waals surface area (Å²) in [7, 11) is 0. The highest BCUT2D eigenvalue weighted by atomic mass is 35.5. The first kappa shape index (κ1) is 15.7. The first-order valence-electron chi connectivity index (χ1n) is 7.84. The third kappa shape index (κ3) is 3.89. The largest absolute Gasteiger partial charge is 0.371 e. The summed E-state index contributed by atoms with van der Waals surface area (Å²) in [5, 5.41) is 4.41. The molecule has 1 heterocycles. The van der Waals surface area contributed by atoms with Crippen molar-refractivity contribution in [2.75, 3.05) is 24.5 Å². The highest BCUT2D eigenvalue weighted by Crippen LogP contribution is 2.32. The predicted octanol–water partition coefficient (Wildman–Crippen LogP) is 4.32. The Morgan fingerprint density at radius 2 is 2.20 bits per heavy atom. The van der Waals surface area contributed by atoms with Crippen LogP contribution in [0.2, 0.25) is 5.02 Å². The Morgan fingerprint density at radius 1 is 1.40 bits per heavy atom. The van der Waals surface area contributed by atoms with Crippen LogP contribution in [0.4, 0.5) is 5.69 Å². The SMILES string of the molecule is CCC1CCN(c2cccc(Cl)c2CNCC(C)C)C1. The molecule has 20 heavy (non-hydrogen) atoms. The Bertz CT molecular complexity index is 431. The standard InChI is InChI=1S/C17H27ClN2/c1-4-14-8-9-20(12-14)17-7-5-6-16(18)15(17)11-19-10-13(2)3/h5-7,13-14,19H,4,8-12H2,1-3H3. The van der Waals surface area contributed by atoms with E-state index < -0.39 is 0 Å². The number of benzene rings is 1. The van der Waals surface area contributed by atoms with Gasteiger partial charge in [0.2, 0.25) is 0 Å². The molecule has 0 spiro atoms. The molecule has 0 aromatic heterocycles. The van der Waals surface area contributed by atoms with Gasteiger partial charge in [-0.15, -0.1) is 0 Å². The first-order valence-corrected chi connectivity index (χ1v) is 8.22. The summed E-state index contributed by atoms with van der Waals surface area (Å²) < 4.78 is 0. The minimum atomic E-state index is 0.664. The molecule has 0 aliphatic carbocycles. The molecule has 1 atom stereocenters. The van der Waals surface area contributed by atoms with E-state index in [-0.39, 0.29) is 0 Å². The molecule has 3 heteroatoms.